The normalized spacial score (nSPS) is 22.9. The van der Waals surface area contributed by atoms with Gasteiger partial charge in [0.2, 0.25) is 0 Å². The van der Waals surface area contributed by atoms with Crippen molar-refractivity contribution in [3.63, 3.8) is 0 Å². The predicted octanol–water partition coefficient (Wildman–Crippen LogP) is 1.67. The molecular formula is C11H18O3. The topological polar surface area (TPSA) is 57.5 Å². The van der Waals surface area contributed by atoms with Gasteiger partial charge in [0.1, 0.15) is 0 Å². The number of aliphatic carboxylic acids is 1. The molecule has 2 atom stereocenters. The molecule has 0 heterocycles. The predicted molar refractivity (Wildman–Crippen MR) is 53.8 cm³/mol. The fourth-order valence-electron chi connectivity index (χ4n) is 2.11. The highest BCUT2D eigenvalue weighted by Crippen LogP contribution is 2.46. The van der Waals surface area contributed by atoms with E-state index in [1.807, 2.05) is 13.8 Å². The van der Waals surface area contributed by atoms with Crippen LogP contribution in [0.25, 0.3) is 0 Å². The standard InChI is InChI=1S/C11H18O3/c1-4-11(14,8-5-6-8)9(7(2)3)10(12)13/h4,7-9,14H,1,5-6H2,2-3H3,(H,12,13). The van der Waals surface area contributed by atoms with Gasteiger partial charge in [0.15, 0.2) is 0 Å². The number of hydrogen-bond acceptors (Lipinski definition) is 2. The van der Waals surface area contributed by atoms with E-state index in [9.17, 15) is 9.90 Å². The number of rotatable bonds is 5. The zero-order chi connectivity index (χ0) is 10.9. The first-order valence-electron chi connectivity index (χ1n) is 5.02. The molecule has 0 aromatic rings. The van der Waals surface area contributed by atoms with E-state index in [1.54, 1.807) is 0 Å². The lowest BCUT2D eigenvalue weighted by atomic mass is 9.76. The third-order valence-electron chi connectivity index (χ3n) is 2.99. The summed E-state index contributed by atoms with van der Waals surface area (Å²) in [5.74, 6) is -1.68. The van der Waals surface area contributed by atoms with Crippen molar-refractivity contribution in [1.82, 2.24) is 0 Å². The van der Waals surface area contributed by atoms with Gasteiger partial charge in [-0.1, -0.05) is 19.9 Å². The Hall–Kier alpha value is -0.830. The molecule has 0 aromatic carbocycles. The average Bonchev–Trinajstić information content (AvgIpc) is 2.84. The molecule has 0 spiro atoms. The lowest BCUT2D eigenvalue weighted by Gasteiger charge is -2.33. The first-order valence-corrected chi connectivity index (χ1v) is 5.02. The third kappa shape index (κ3) is 1.82. The number of carboxylic acid groups (broad SMARTS) is 1. The van der Waals surface area contributed by atoms with Gasteiger partial charge in [0.05, 0.1) is 11.5 Å². The summed E-state index contributed by atoms with van der Waals surface area (Å²) < 4.78 is 0. The second-order valence-corrected chi connectivity index (χ2v) is 4.43. The van der Waals surface area contributed by atoms with E-state index in [2.05, 4.69) is 6.58 Å². The Bertz CT molecular complexity index is 243. The van der Waals surface area contributed by atoms with Crippen LogP contribution in [-0.2, 0) is 4.79 Å². The minimum atomic E-state index is -1.22. The molecular weight excluding hydrogens is 180 g/mol. The number of carboxylic acids is 1. The van der Waals surface area contributed by atoms with Gasteiger partial charge < -0.3 is 10.2 Å². The van der Waals surface area contributed by atoms with Gasteiger partial charge in [-0.2, -0.15) is 0 Å². The Morgan fingerprint density at radius 2 is 2.07 bits per heavy atom. The highest BCUT2D eigenvalue weighted by Gasteiger charge is 2.51. The third-order valence-corrected chi connectivity index (χ3v) is 2.99. The molecule has 0 saturated heterocycles. The lowest BCUT2D eigenvalue weighted by Crippen LogP contribution is -2.45. The quantitative estimate of drug-likeness (QED) is 0.661. The highest BCUT2D eigenvalue weighted by atomic mass is 16.4. The highest BCUT2D eigenvalue weighted by molar-refractivity contribution is 5.72. The van der Waals surface area contributed by atoms with Crippen LogP contribution < -0.4 is 0 Å². The Balaban J connectivity index is 2.93. The Morgan fingerprint density at radius 3 is 2.29 bits per heavy atom. The Morgan fingerprint density at radius 1 is 1.57 bits per heavy atom. The molecule has 80 valence electrons. The summed E-state index contributed by atoms with van der Waals surface area (Å²) in [6.07, 6.45) is 3.21. The van der Waals surface area contributed by atoms with E-state index >= 15 is 0 Å². The summed E-state index contributed by atoms with van der Waals surface area (Å²) in [5, 5.41) is 19.3. The SMILES string of the molecule is C=CC(O)(C1CC1)C(C(=O)O)C(C)C. The van der Waals surface area contributed by atoms with Crippen LogP contribution in [-0.4, -0.2) is 21.8 Å². The molecule has 1 saturated carbocycles. The number of aliphatic hydroxyl groups is 1. The van der Waals surface area contributed by atoms with Crippen molar-refractivity contribution in [1.29, 1.82) is 0 Å². The van der Waals surface area contributed by atoms with Crippen LogP contribution in [0.3, 0.4) is 0 Å². The molecule has 0 aliphatic heterocycles. The minimum Gasteiger partial charge on any atom is -0.481 e. The first-order chi connectivity index (χ1) is 6.43. The van der Waals surface area contributed by atoms with Gasteiger partial charge >= 0.3 is 5.97 Å². The van der Waals surface area contributed by atoms with Gasteiger partial charge in [-0.25, -0.2) is 0 Å². The van der Waals surface area contributed by atoms with Gasteiger partial charge in [0.25, 0.3) is 0 Å². The van der Waals surface area contributed by atoms with Crippen LogP contribution in [0.2, 0.25) is 0 Å². The molecule has 3 heteroatoms. The van der Waals surface area contributed by atoms with Crippen LogP contribution in [0.5, 0.6) is 0 Å². The van der Waals surface area contributed by atoms with Gasteiger partial charge in [0, 0.05) is 0 Å². The summed E-state index contributed by atoms with van der Waals surface area (Å²) in [6.45, 7) is 7.20. The largest absolute Gasteiger partial charge is 0.481 e. The van der Waals surface area contributed by atoms with E-state index in [0.29, 0.717) is 0 Å². The van der Waals surface area contributed by atoms with E-state index in [0.717, 1.165) is 12.8 Å². The van der Waals surface area contributed by atoms with E-state index in [4.69, 9.17) is 5.11 Å². The number of hydrogen-bond donors (Lipinski definition) is 2. The van der Waals surface area contributed by atoms with E-state index in [-0.39, 0.29) is 11.8 Å². The molecule has 1 fully saturated rings. The molecule has 0 radical (unpaired) electrons. The van der Waals surface area contributed by atoms with Crippen molar-refractivity contribution in [3.05, 3.63) is 12.7 Å². The maximum absolute atomic E-state index is 11.1. The second kappa shape index (κ2) is 3.73. The van der Waals surface area contributed by atoms with Crippen LogP contribution in [0, 0.1) is 17.8 Å². The number of carbonyl (C=O) groups is 1. The summed E-state index contributed by atoms with van der Waals surface area (Å²) in [7, 11) is 0. The smallest absolute Gasteiger partial charge is 0.310 e. The zero-order valence-electron chi connectivity index (χ0n) is 8.73. The van der Waals surface area contributed by atoms with E-state index in [1.165, 1.54) is 6.08 Å². The molecule has 1 aliphatic rings. The molecule has 2 unspecified atom stereocenters. The van der Waals surface area contributed by atoms with Crippen molar-refractivity contribution >= 4 is 5.97 Å². The average molecular weight is 198 g/mol. The summed E-state index contributed by atoms with van der Waals surface area (Å²) in [6, 6.07) is 0. The van der Waals surface area contributed by atoms with Crippen molar-refractivity contribution in [2.45, 2.75) is 32.3 Å². The van der Waals surface area contributed by atoms with Crippen molar-refractivity contribution < 1.29 is 15.0 Å². The molecule has 2 N–H and O–H groups in total. The van der Waals surface area contributed by atoms with Crippen LogP contribution in [0.1, 0.15) is 26.7 Å². The minimum absolute atomic E-state index is 0.0866. The maximum Gasteiger partial charge on any atom is 0.310 e. The first kappa shape index (κ1) is 11.2. The van der Waals surface area contributed by atoms with Crippen LogP contribution in [0.4, 0.5) is 0 Å². The molecule has 14 heavy (non-hydrogen) atoms. The second-order valence-electron chi connectivity index (χ2n) is 4.43. The van der Waals surface area contributed by atoms with Crippen molar-refractivity contribution in [2.75, 3.05) is 0 Å². The summed E-state index contributed by atoms with van der Waals surface area (Å²) in [4.78, 5) is 11.1. The molecule has 1 aliphatic carbocycles. The molecule has 0 aromatic heterocycles. The van der Waals surface area contributed by atoms with Gasteiger partial charge in [-0.3, -0.25) is 4.79 Å². The molecule has 1 rings (SSSR count). The van der Waals surface area contributed by atoms with Crippen LogP contribution >= 0.6 is 0 Å². The van der Waals surface area contributed by atoms with Crippen molar-refractivity contribution in [2.24, 2.45) is 17.8 Å². The summed E-state index contributed by atoms with van der Waals surface area (Å²) in [5.41, 5.74) is -1.22. The molecule has 0 bridgehead atoms. The van der Waals surface area contributed by atoms with Crippen molar-refractivity contribution in [3.8, 4) is 0 Å². The zero-order valence-corrected chi connectivity index (χ0v) is 8.73. The van der Waals surface area contributed by atoms with E-state index < -0.39 is 17.5 Å². The summed E-state index contributed by atoms with van der Waals surface area (Å²) >= 11 is 0. The molecule has 3 nitrogen and oxygen atoms in total. The molecule has 0 amide bonds. The monoisotopic (exact) mass is 198 g/mol. The fraction of sp³-hybridized carbons (Fsp3) is 0.727. The fourth-order valence-corrected chi connectivity index (χ4v) is 2.11. The van der Waals surface area contributed by atoms with Gasteiger partial charge in [-0.15, -0.1) is 6.58 Å². The van der Waals surface area contributed by atoms with Crippen LogP contribution in [0.15, 0.2) is 12.7 Å². The lowest BCUT2D eigenvalue weighted by molar-refractivity contribution is -0.153. The maximum atomic E-state index is 11.1. The Labute approximate surface area is 84.4 Å². The van der Waals surface area contributed by atoms with Gasteiger partial charge in [-0.05, 0) is 24.7 Å². The Kier molecular flexibility index (Phi) is 3.00.